The summed E-state index contributed by atoms with van der Waals surface area (Å²) in [6, 6.07) is 0. The van der Waals surface area contributed by atoms with Crippen molar-refractivity contribution in [1.29, 1.82) is 0 Å². The average molecular weight is 324 g/mol. The highest BCUT2D eigenvalue weighted by Gasteiger charge is 2.39. The van der Waals surface area contributed by atoms with Crippen LogP contribution in [0.1, 0.15) is 84.0 Å². The molecule has 0 heterocycles. The lowest BCUT2D eigenvalue weighted by atomic mass is 9.79. The summed E-state index contributed by atoms with van der Waals surface area (Å²) in [6.07, 6.45) is 12.4. The third-order valence-electron chi connectivity index (χ3n) is 5.20. The van der Waals surface area contributed by atoms with Gasteiger partial charge >= 0.3 is 11.9 Å². The van der Waals surface area contributed by atoms with Gasteiger partial charge in [-0.1, -0.05) is 45.4 Å². The summed E-state index contributed by atoms with van der Waals surface area (Å²) >= 11 is 0. The van der Waals surface area contributed by atoms with Crippen molar-refractivity contribution in [3.8, 4) is 0 Å². The molecule has 0 amide bonds. The average Bonchev–Trinajstić information content (AvgIpc) is 2.53. The molecule has 0 N–H and O–H groups in total. The number of hydrogen-bond acceptors (Lipinski definition) is 4. The molecule has 132 valence electrons. The fraction of sp³-hybridized carbons (Fsp3) is 0.895. The summed E-state index contributed by atoms with van der Waals surface area (Å²) in [5.74, 6) is -0.918. The lowest BCUT2D eigenvalue weighted by Crippen LogP contribution is -2.37. The Hall–Kier alpha value is -1.06. The van der Waals surface area contributed by atoms with Gasteiger partial charge in [0.25, 0.3) is 0 Å². The van der Waals surface area contributed by atoms with Crippen LogP contribution in [0, 0.1) is 11.8 Å². The molecule has 0 saturated heterocycles. The highest BCUT2D eigenvalue weighted by molar-refractivity contribution is 5.82. The smallest absolute Gasteiger partial charge is 0.310 e. The molecule has 2 rings (SSSR count). The van der Waals surface area contributed by atoms with Gasteiger partial charge in [-0.2, -0.15) is 0 Å². The number of hydrogen-bond donors (Lipinski definition) is 0. The van der Waals surface area contributed by atoms with Crippen LogP contribution >= 0.6 is 0 Å². The van der Waals surface area contributed by atoms with E-state index in [9.17, 15) is 9.59 Å². The normalized spacial score (nSPS) is 24.7. The Morgan fingerprint density at radius 2 is 1.48 bits per heavy atom. The van der Waals surface area contributed by atoms with Crippen molar-refractivity contribution in [3.05, 3.63) is 0 Å². The molecular formula is C19H32O4. The van der Waals surface area contributed by atoms with E-state index in [0.29, 0.717) is 6.61 Å². The zero-order valence-electron chi connectivity index (χ0n) is 14.6. The summed E-state index contributed by atoms with van der Waals surface area (Å²) in [5.41, 5.74) is 0. The minimum atomic E-state index is -0.285. The molecule has 0 radical (unpaired) electrons. The van der Waals surface area contributed by atoms with Gasteiger partial charge in [-0.3, -0.25) is 9.59 Å². The second-order valence-electron chi connectivity index (χ2n) is 7.07. The Morgan fingerprint density at radius 3 is 2.09 bits per heavy atom. The zero-order chi connectivity index (χ0) is 16.5. The molecule has 2 fully saturated rings. The van der Waals surface area contributed by atoms with E-state index in [4.69, 9.17) is 9.47 Å². The number of carbonyl (C=O) groups excluding carboxylic acids is 2. The first-order valence-electron chi connectivity index (χ1n) is 9.59. The van der Waals surface area contributed by atoms with Crippen molar-refractivity contribution in [2.45, 2.75) is 90.1 Å². The summed E-state index contributed by atoms with van der Waals surface area (Å²) in [6.45, 7) is 2.68. The summed E-state index contributed by atoms with van der Waals surface area (Å²) < 4.78 is 11.0. The monoisotopic (exact) mass is 324 g/mol. The van der Waals surface area contributed by atoms with Gasteiger partial charge < -0.3 is 9.47 Å². The van der Waals surface area contributed by atoms with Crippen molar-refractivity contribution in [3.63, 3.8) is 0 Å². The van der Waals surface area contributed by atoms with E-state index in [-0.39, 0.29) is 29.9 Å². The van der Waals surface area contributed by atoms with E-state index >= 15 is 0 Å². The van der Waals surface area contributed by atoms with Crippen LogP contribution in [-0.4, -0.2) is 24.6 Å². The van der Waals surface area contributed by atoms with Crippen LogP contribution in [0.5, 0.6) is 0 Å². The van der Waals surface area contributed by atoms with Crippen LogP contribution in [0.4, 0.5) is 0 Å². The van der Waals surface area contributed by atoms with Crippen molar-refractivity contribution in [1.82, 2.24) is 0 Å². The van der Waals surface area contributed by atoms with E-state index in [0.717, 1.165) is 57.8 Å². The molecular weight excluding hydrogens is 292 g/mol. The van der Waals surface area contributed by atoms with E-state index < -0.39 is 0 Å². The maximum Gasteiger partial charge on any atom is 0.310 e. The fourth-order valence-electron chi connectivity index (χ4n) is 3.42. The topological polar surface area (TPSA) is 52.6 Å². The second-order valence-corrected chi connectivity index (χ2v) is 7.07. The Bertz CT molecular complexity index is 376. The molecule has 0 bridgehead atoms. The van der Waals surface area contributed by atoms with Crippen molar-refractivity contribution in [2.75, 3.05) is 6.61 Å². The molecule has 2 atom stereocenters. The molecule has 0 aromatic carbocycles. The zero-order valence-corrected chi connectivity index (χ0v) is 14.6. The Morgan fingerprint density at radius 1 is 0.826 bits per heavy atom. The quantitative estimate of drug-likeness (QED) is 0.466. The highest BCUT2D eigenvalue weighted by Crippen LogP contribution is 2.33. The highest BCUT2D eigenvalue weighted by atomic mass is 16.5. The van der Waals surface area contributed by atoms with Crippen LogP contribution in [0.25, 0.3) is 0 Å². The van der Waals surface area contributed by atoms with Crippen LogP contribution in [-0.2, 0) is 19.1 Å². The summed E-state index contributed by atoms with van der Waals surface area (Å²) in [4.78, 5) is 24.7. The van der Waals surface area contributed by atoms with E-state index in [1.54, 1.807) is 0 Å². The lowest BCUT2D eigenvalue weighted by molar-refractivity contribution is -0.168. The first kappa shape index (κ1) is 18.3. The van der Waals surface area contributed by atoms with E-state index in [1.165, 1.54) is 19.3 Å². The Labute approximate surface area is 140 Å². The fourth-order valence-corrected chi connectivity index (χ4v) is 3.42. The third kappa shape index (κ3) is 5.82. The molecule has 0 aromatic heterocycles. The molecule has 2 saturated carbocycles. The van der Waals surface area contributed by atoms with Crippen LogP contribution < -0.4 is 0 Å². The van der Waals surface area contributed by atoms with Gasteiger partial charge in [0.05, 0.1) is 18.4 Å². The lowest BCUT2D eigenvalue weighted by Gasteiger charge is -2.32. The number of ether oxygens (including phenoxy) is 2. The molecule has 0 aromatic rings. The molecule has 2 aliphatic rings. The van der Waals surface area contributed by atoms with Gasteiger partial charge in [-0.25, -0.2) is 0 Å². The predicted molar refractivity (Wildman–Crippen MR) is 88.9 cm³/mol. The van der Waals surface area contributed by atoms with Crippen molar-refractivity contribution < 1.29 is 19.1 Å². The Kier molecular flexibility index (Phi) is 7.90. The number of esters is 2. The van der Waals surface area contributed by atoms with Gasteiger partial charge in [0.1, 0.15) is 6.10 Å². The largest absolute Gasteiger partial charge is 0.465 e. The van der Waals surface area contributed by atoms with Crippen molar-refractivity contribution in [2.24, 2.45) is 11.8 Å². The maximum atomic E-state index is 12.3. The second kappa shape index (κ2) is 9.94. The standard InChI is InChI=1S/C19H32O4/c1-2-3-4-5-8-14-22-18(20)16-12-6-7-13-17(16)19(21)23-15-10-9-11-15/h15-17H,2-14H2,1H3. The van der Waals surface area contributed by atoms with Gasteiger partial charge in [-0.05, 0) is 38.5 Å². The van der Waals surface area contributed by atoms with Crippen LogP contribution in [0.15, 0.2) is 0 Å². The summed E-state index contributed by atoms with van der Waals surface area (Å²) in [5, 5.41) is 0. The molecule has 0 aliphatic heterocycles. The third-order valence-corrected chi connectivity index (χ3v) is 5.20. The molecule has 2 unspecified atom stereocenters. The number of carbonyl (C=O) groups is 2. The van der Waals surface area contributed by atoms with Crippen molar-refractivity contribution >= 4 is 11.9 Å². The van der Waals surface area contributed by atoms with Gasteiger partial charge in [-0.15, -0.1) is 0 Å². The molecule has 4 heteroatoms. The van der Waals surface area contributed by atoms with Gasteiger partial charge in [0.2, 0.25) is 0 Å². The van der Waals surface area contributed by atoms with E-state index in [1.807, 2.05) is 0 Å². The minimum absolute atomic E-state index is 0.0969. The van der Waals surface area contributed by atoms with E-state index in [2.05, 4.69) is 6.92 Å². The SMILES string of the molecule is CCCCCCCOC(=O)C1CCCCC1C(=O)OC1CCC1. The van der Waals surface area contributed by atoms with Crippen LogP contribution in [0.3, 0.4) is 0 Å². The predicted octanol–water partition coefficient (Wildman–Crippen LogP) is 4.40. The maximum absolute atomic E-state index is 12.3. The molecule has 0 spiro atoms. The number of unbranched alkanes of at least 4 members (excludes halogenated alkanes) is 4. The number of rotatable bonds is 9. The summed E-state index contributed by atoms with van der Waals surface area (Å²) in [7, 11) is 0. The van der Waals surface area contributed by atoms with Gasteiger partial charge in [0, 0.05) is 0 Å². The minimum Gasteiger partial charge on any atom is -0.465 e. The van der Waals surface area contributed by atoms with Crippen LogP contribution in [0.2, 0.25) is 0 Å². The van der Waals surface area contributed by atoms with Gasteiger partial charge in [0.15, 0.2) is 0 Å². The molecule has 4 nitrogen and oxygen atoms in total. The first-order valence-corrected chi connectivity index (χ1v) is 9.59. The molecule has 23 heavy (non-hydrogen) atoms. The molecule has 2 aliphatic carbocycles. The Balaban J connectivity index is 1.72. The first-order chi connectivity index (χ1) is 11.2.